The summed E-state index contributed by atoms with van der Waals surface area (Å²) in [6.07, 6.45) is 2.90. The van der Waals surface area contributed by atoms with Gasteiger partial charge in [-0.15, -0.1) is 0 Å². The van der Waals surface area contributed by atoms with Gasteiger partial charge in [0, 0.05) is 26.2 Å². The van der Waals surface area contributed by atoms with Crippen LogP contribution in [0.4, 0.5) is 4.79 Å². The molecule has 9 heteroatoms. The predicted molar refractivity (Wildman–Crippen MR) is 145 cm³/mol. The van der Waals surface area contributed by atoms with Crippen molar-refractivity contribution in [2.75, 3.05) is 39.3 Å². The van der Waals surface area contributed by atoms with Crippen LogP contribution < -0.4 is 5.32 Å². The lowest BCUT2D eigenvalue weighted by atomic mass is 9.78. The minimum absolute atomic E-state index is 0.00243. The highest BCUT2D eigenvalue weighted by molar-refractivity contribution is 6.07. The van der Waals surface area contributed by atoms with Gasteiger partial charge in [0.25, 0.3) is 0 Å². The highest BCUT2D eigenvalue weighted by Gasteiger charge is 2.56. The molecule has 1 unspecified atom stereocenters. The van der Waals surface area contributed by atoms with E-state index in [0.717, 1.165) is 42.0 Å². The largest absolute Gasteiger partial charge is 0.480 e. The smallest absolute Gasteiger partial charge is 0.327 e. The number of hydrogen-bond acceptors (Lipinski definition) is 5. The maximum Gasteiger partial charge on any atom is 0.327 e. The molecule has 3 aliphatic heterocycles. The van der Waals surface area contributed by atoms with Gasteiger partial charge < -0.3 is 20.2 Å². The minimum Gasteiger partial charge on any atom is -0.480 e. The van der Waals surface area contributed by atoms with Gasteiger partial charge >= 0.3 is 12.0 Å². The third-order valence-electron chi connectivity index (χ3n) is 8.36. The Morgan fingerprint density at radius 2 is 1.46 bits per heavy atom. The summed E-state index contributed by atoms with van der Waals surface area (Å²) in [6, 6.07) is 17.9. The van der Waals surface area contributed by atoms with E-state index in [-0.39, 0.29) is 24.9 Å². The average Bonchev–Trinajstić information content (AvgIpc) is 2.98. The fourth-order valence-electron chi connectivity index (χ4n) is 6.12. The Bertz CT molecular complexity index is 1180. The fourth-order valence-corrected chi connectivity index (χ4v) is 6.12. The highest BCUT2D eigenvalue weighted by Crippen LogP contribution is 2.36. The number of carboxylic acid groups (broad SMARTS) is 1. The molecule has 3 fully saturated rings. The molecule has 206 valence electrons. The molecule has 3 atom stereocenters. The average molecular weight is 533 g/mol. The summed E-state index contributed by atoms with van der Waals surface area (Å²) >= 11 is 0. The van der Waals surface area contributed by atoms with Gasteiger partial charge in [0.2, 0.25) is 11.8 Å². The number of aliphatic carboxylic acids is 1. The number of piperidine rings is 1. The second-order valence-corrected chi connectivity index (χ2v) is 10.8. The number of rotatable bonds is 7. The lowest BCUT2D eigenvalue weighted by Crippen LogP contribution is -2.69. The molecule has 2 aromatic carbocycles. The summed E-state index contributed by atoms with van der Waals surface area (Å²) in [4.78, 5) is 56.2. The van der Waals surface area contributed by atoms with Gasteiger partial charge in [0.05, 0.1) is 11.8 Å². The number of nitrogens with one attached hydrogen (secondary N) is 1. The van der Waals surface area contributed by atoms with E-state index in [1.165, 1.54) is 4.90 Å². The number of carbonyl (C=O) groups is 4. The number of likely N-dealkylation sites (tertiary alicyclic amines) is 1. The molecule has 9 nitrogen and oxygen atoms in total. The SMILES string of the molecule is O=C(O)[C@@H]1[C@@H](CC2CCNCC2)C(=O)N1C(=O)N1CCN(C(=O)C(Cc2ccccc2)c2ccccc2)CC1. The predicted octanol–water partition coefficient (Wildman–Crippen LogP) is 2.58. The molecule has 0 aromatic heterocycles. The van der Waals surface area contributed by atoms with Crippen LogP contribution >= 0.6 is 0 Å². The number of carbonyl (C=O) groups excluding carboxylic acids is 3. The Hall–Kier alpha value is -3.72. The summed E-state index contributed by atoms with van der Waals surface area (Å²) in [5.41, 5.74) is 2.02. The zero-order chi connectivity index (χ0) is 27.4. The zero-order valence-corrected chi connectivity index (χ0v) is 22.1. The number of urea groups is 1. The van der Waals surface area contributed by atoms with Gasteiger partial charge in [-0.2, -0.15) is 0 Å². The van der Waals surface area contributed by atoms with Crippen LogP contribution in [0.2, 0.25) is 0 Å². The van der Waals surface area contributed by atoms with Crippen molar-refractivity contribution < 1.29 is 24.3 Å². The van der Waals surface area contributed by atoms with Gasteiger partial charge in [-0.3, -0.25) is 9.59 Å². The van der Waals surface area contributed by atoms with E-state index in [4.69, 9.17) is 0 Å². The van der Waals surface area contributed by atoms with E-state index in [1.54, 1.807) is 4.90 Å². The molecule has 0 radical (unpaired) electrons. The Kier molecular flexibility index (Phi) is 8.26. The van der Waals surface area contributed by atoms with Crippen molar-refractivity contribution in [3.05, 3.63) is 71.8 Å². The number of hydrogen-bond donors (Lipinski definition) is 2. The van der Waals surface area contributed by atoms with E-state index in [9.17, 15) is 24.3 Å². The molecule has 2 aromatic rings. The molecule has 0 spiro atoms. The molecule has 39 heavy (non-hydrogen) atoms. The third kappa shape index (κ3) is 5.83. The third-order valence-corrected chi connectivity index (χ3v) is 8.36. The normalized spacial score (nSPS) is 22.8. The first-order valence-corrected chi connectivity index (χ1v) is 13.9. The van der Waals surface area contributed by atoms with Crippen LogP contribution in [-0.2, 0) is 20.8 Å². The van der Waals surface area contributed by atoms with Crippen LogP contribution in [0, 0.1) is 11.8 Å². The molecular formula is C30H36N4O5. The maximum absolute atomic E-state index is 13.7. The number of amides is 4. The van der Waals surface area contributed by atoms with Gasteiger partial charge in [-0.05, 0) is 55.8 Å². The van der Waals surface area contributed by atoms with E-state index in [1.807, 2.05) is 60.7 Å². The first-order chi connectivity index (χ1) is 18.9. The van der Waals surface area contributed by atoms with Crippen LogP contribution in [0.25, 0.3) is 0 Å². The first-order valence-electron chi connectivity index (χ1n) is 13.9. The van der Waals surface area contributed by atoms with Crippen molar-refractivity contribution in [3.63, 3.8) is 0 Å². The molecule has 5 rings (SSSR count). The molecule has 3 aliphatic rings. The number of carboxylic acids is 1. The van der Waals surface area contributed by atoms with Crippen molar-refractivity contribution in [1.82, 2.24) is 20.0 Å². The fraction of sp³-hybridized carbons (Fsp3) is 0.467. The second-order valence-electron chi connectivity index (χ2n) is 10.8. The van der Waals surface area contributed by atoms with E-state index >= 15 is 0 Å². The molecular weight excluding hydrogens is 496 g/mol. The monoisotopic (exact) mass is 532 g/mol. The topological polar surface area (TPSA) is 110 Å². The Morgan fingerprint density at radius 3 is 2.08 bits per heavy atom. The van der Waals surface area contributed by atoms with Crippen molar-refractivity contribution in [3.8, 4) is 0 Å². The van der Waals surface area contributed by atoms with Crippen LogP contribution in [0.3, 0.4) is 0 Å². The summed E-state index contributed by atoms with van der Waals surface area (Å²) in [5.74, 6) is -2.23. The molecule has 4 amide bonds. The zero-order valence-electron chi connectivity index (χ0n) is 22.1. The summed E-state index contributed by atoms with van der Waals surface area (Å²) in [5, 5.41) is 13.1. The molecule has 0 aliphatic carbocycles. The lowest BCUT2D eigenvalue weighted by Gasteiger charge is -2.47. The van der Waals surface area contributed by atoms with E-state index in [2.05, 4.69) is 5.32 Å². The van der Waals surface area contributed by atoms with Gasteiger partial charge in [0.1, 0.15) is 0 Å². The Balaban J connectivity index is 1.21. The number of β-lactam (4-membered cyclic amide) rings is 1. The minimum atomic E-state index is -1.14. The lowest BCUT2D eigenvalue weighted by molar-refractivity contribution is -0.167. The summed E-state index contributed by atoms with van der Waals surface area (Å²) in [6.45, 7) is 2.91. The second kappa shape index (κ2) is 12.0. The van der Waals surface area contributed by atoms with Crippen molar-refractivity contribution in [1.29, 1.82) is 0 Å². The summed E-state index contributed by atoms with van der Waals surface area (Å²) < 4.78 is 0. The van der Waals surface area contributed by atoms with Gasteiger partial charge in [0.15, 0.2) is 6.04 Å². The van der Waals surface area contributed by atoms with E-state index < -0.39 is 29.9 Å². The Morgan fingerprint density at radius 1 is 0.872 bits per heavy atom. The molecule has 0 saturated carbocycles. The van der Waals surface area contributed by atoms with Crippen LogP contribution in [0.5, 0.6) is 0 Å². The van der Waals surface area contributed by atoms with Gasteiger partial charge in [-0.1, -0.05) is 60.7 Å². The number of imide groups is 1. The van der Waals surface area contributed by atoms with Crippen LogP contribution in [0.1, 0.15) is 36.3 Å². The highest BCUT2D eigenvalue weighted by atomic mass is 16.4. The quantitative estimate of drug-likeness (QED) is 0.531. The molecule has 3 saturated heterocycles. The van der Waals surface area contributed by atoms with E-state index in [0.29, 0.717) is 31.8 Å². The standard InChI is InChI=1S/C30H36N4O5/c35-27(24(23-9-5-2-6-10-23)19-21-7-3-1-4-8-21)32-15-17-33(18-16-32)30(39)34-26(29(37)38)25(28(34)36)20-22-11-13-31-14-12-22/h1-10,22,24-26,31H,11-20H2,(H,37,38)/t24?,25-,26+/m1/s1. The van der Waals surface area contributed by atoms with Crippen LogP contribution in [0.15, 0.2) is 60.7 Å². The van der Waals surface area contributed by atoms with Gasteiger partial charge in [-0.25, -0.2) is 14.5 Å². The number of nitrogens with zero attached hydrogens (tertiary/aromatic N) is 3. The van der Waals surface area contributed by atoms with Crippen molar-refractivity contribution in [2.24, 2.45) is 11.8 Å². The molecule has 3 heterocycles. The van der Waals surface area contributed by atoms with Crippen molar-refractivity contribution in [2.45, 2.75) is 37.6 Å². The van der Waals surface area contributed by atoms with Crippen LogP contribution in [-0.4, -0.2) is 88.9 Å². The molecule has 0 bridgehead atoms. The number of benzene rings is 2. The molecule has 2 N–H and O–H groups in total. The first kappa shape index (κ1) is 26.9. The number of piperazine rings is 1. The maximum atomic E-state index is 13.7. The van der Waals surface area contributed by atoms with Crippen molar-refractivity contribution >= 4 is 23.8 Å². The Labute approximate surface area is 228 Å². The summed E-state index contributed by atoms with van der Waals surface area (Å²) in [7, 11) is 0.